The molecule has 0 amide bonds. The van der Waals surface area contributed by atoms with E-state index >= 15 is 0 Å². The Bertz CT molecular complexity index is 877. The molecular formula is C41H73IO3. The van der Waals surface area contributed by atoms with Crippen LogP contribution in [-0.4, -0.2) is 26.2 Å². The minimum atomic E-state index is -0.808. The highest BCUT2D eigenvalue weighted by Crippen LogP contribution is 2.56. The molecule has 4 aliphatic rings. The van der Waals surface area contributed by atoms with Gasteiger partial charge in [-0.1, -0.05) is 122 Å². The summed E-state index contributed by atoms with van der Waals surface area (Å²) in [5.74, 6) is 8.35. The van der Waals surface area contributed by atoms with Gasteiger partial charge >= 0.3 is 5.97 Å². The fraction of sp³-hybridized carbons (Fsp3) is 0.976. The molecule has 0 saturated heterocycles. The molecule has 45 heavy (non-hydrogen) atoms. The summed E-state index contributed by atoms with van der Waals surface area (Å²) < 4.78 is 0.888. The van der Waals surface area contributed by atoms with E-state index in [1.165, 1.54) is 103 Å². The minimum Gasteiger partial charge on any atom is -0.481 e. The number of carbonyl (C=O) groups is 1. The van der Waals surface area contributed by atoms with Crippen molar-refractivity contribution in [2.24, 2.45) is 76.9 Å². The molecule has 0 radical (unpaired) electrons. The summed E-state index contributed by atoms with van der Waals surface area (Å²) in [4.78, 5) is 11.6. The second-order valence-corrected chi connectivity index (χ2v) is 19.1. The molecule has 0 bridgehead atoms. The van der Waals surface area contributed by atoms with Crippen molar-refractivity contribution in [2.45, 2.75) is 174 Å². The lowest BCUT2D eigenvalue weighted by Gasteiger charge is -2.53. The fourth-order valence-electron chi connectivity index (χ4n) is 11.8. The maximum absolute atomic E-state index is 11.6. The third kappa shape index (κ3) is 9.87. The van der Waals surface area contributed by atoms with Crippen molar-refractivity contribution in [3.8, 4) is 0 Å². The first-order chi connectivity index (χ1) is 21.5. The van der Waals surface area contributed by atoms with Gasteiger partial charge in [-0.2, -0.15) is 0 Å². The molecule has 4 rings (SSSR count). The van der Waals surface area contributed by atoms with Crippen LogP contribution in [0.2, 0.25) is 0 Å². The summed E-state index contributed by atoms with van der Waals surface area (Å²) in [5, 5.41) is 20.2. The van der Waals surface area contributed by atoms with Crippen molar-refractivity contribution in [2.75, 3.05) is 0 Å². The fourth-order valence-corrected chi connectivity index (χ4v) is 13.1. The maximum Gasteiger partial charge on any atom is 0.309 e. The van der Waals surface area contributed by atoms with E-state index in [1.807, 2.05) is 0 Å². The lowest BCUT2D eigenvalue weighted by molar-refractivity contribution is -0.149. The highest BCUT2D eigenvalue weighted by atomic mass is 127. The van der Waals surface area contributed by atoms with E-state index < -0.39 is 18.0 Å². The average Bonchev–Trinajstić information content (AvgIpc) is 3.00. The van der Waals surface area contributed by atoms with Gasteiger partial charge in [0, 0.05) is 3.92 Å². The lowest BCUT2D eigenvalue weighted by Crippen LogP contribution is -2.46. The van der Waals surface area contributed by atoms with E-state index in [9.17, 15) is 15.0 Å². The third-order valence-electron chi connectivity index (χ3n) is 14.5. The zero-order valence-electron chi connectivity index (χ0n) is 30.3. The van der Waals surface area contributed by atoms with Gasteiger partial charge in [0.05, 0.1) is 12.0 Å². The molecule has 4 saturated carbocycles. The van der Waals surface area contributed by atoms with Crippen LogP contribution in [0.15, 0.2) is 0 Å². The number of alkyl halides is 1. The SMILES string of the molecule is CCCCCCC1CC(C2CC(C)C(C3CC(C)C(C4CCC(C(=O)O)C(O)C4)CC3C)CC2C)C(CCCCCC)CC1I. The second kappa shape index (κ2) is 18.2. The number of aliphatic hydroxyl groups excluding tert-OH is 1. The number of rotatable bonds is 14. The Morgan fingerprint density at radius 3 is 1.60 bits per heavy atom. The molecule has 262 valence electrons. The first-order valence-electron chi connectivity index (χ1n) is 20.1. The van der Waals surface area contributed by atoms with Crippen molar-refractivity contribution >= 4 is 28.6 Å². The molecule has 15 atom stereocenters. The zero-order valence-corrected chi connectivity index (χ0v) is 32.4. The number of unbranched alkanes of at least 4 members (excludes halogenated alkanes) is 6. The van der Waals surface area contributed by atoms with Crippen LogP contribution in [0, 0.1) is 76.9 Å². The summed E-state index contributed by atoms with van der Waals surface area (Å²) >= 11 is 2.87. The van der Waals surface area contributed by atoms with Gasteiger partial charge in [-0.05, 0) is 135 Å². The first kappa shape index (κ1) is 38.0. The van der Waals surface area contributed by atoms with Crippen molar-refractivity contribution in [3.05, 3.63) is 0 Å². The van der Waals surface area contributed by atoms with Crippen LogP contribution in [0.5, 0.6) is 0 Å². The number of aliphatic hydroxyl groups is 1. The predicted molar refractivity (Wildman–Crippen MR) is 199 cm³/mol. The monoisotopic (exact) mass is 740 g/mol. The van der Waals surface area contributed by atoms with E-state index in [0.717, 1.165) is 63.6 Å². The van der Waals surface area contributed by atoms with Crippen LogP contribution in [0.4, 0.5) is 0 Å². The lowest BCUT2D eigenvalue weighted by atomic mass is 9.53. The van der Waals surface area contributed by atoms with E-state index in [4.69, 9.17) is 0 Å². The number of hydrogen-bond donors (Lipinski definition) is 2. The van der Waals surface area contributed by atoms with Crippen LogP contribution in [0.25, 0.3) is 0 Å². The number of aliphatic carboxylic acids is 1. The van der Waals surface area contributed by atoms with Gasteiger partial charge in [0.15, 0.2) is 0 Å². The number of halogens is 1. The van der Waals surface area contributed by atoms with E-state index in [1.54, 1.807) is 0 Å². The molecule has 0 aromatic heterocycles. The summed E-state index contributed by atoms with van der Waals surface area (Å²) in [6.45, 7) is 15.0. The molecule has 0 aromatic carbocycles. The normalized spacial score (nSPS) is 44.5. The molecule has 4 aliphatic carbocycles. The van der Waals surface area contributed by atoms with Crippen LogP contribution < -0.4 is 0 Å². The molecule has 2 N–H and O–H groups in total. The Morgan fingerprint density at radius 2 is 1.09 bits per heavy atom. The van der Waals surface area contributed by atoms with Gasteiger partial charge in [0.1, 0.15) is 0 Å². The predicted octanol–water partition coefficient (Wildman–Crippen LogP) is 11.8. The molecule has 15 unspecified atom stereocenters. The standard InChI is InChI=1S/C41H73IO3/c1-7-9-11-13-15-30-24-39(42)32(16-14-12-10-8-2)23-38(30)37-22-28(5)36(21-29(37)6)35-20-26(3)34(19-27(35)4)31-17-18-33(41(44)45)40(43)25-31/h26-40,43H,7-25H2,1-6H3,(H,44,45). The Balaban J connectivity index is 1.39. The summed E-state index contributed by atoms with van der Waals surface area (Å²) in [7, 11) is 0. The van der Waals surface area contributed by atoms with Gasteiger partial charge in [0.2, 0.25) is 0 Å². The molecule has 3 nitrogen and oxygen atoms in total. The zero-order chi connectivity index (χ0) is 32.7. The van der Waals surface area contributed by atoms with Gasteiger partial charge in [-0.25, -0.2) is 0 Å². The van der Waals surface area contributed by atoms with Crippen LogP contribution in [-0.2, 0) is 4.79 Å². The Morgan fingerprint density at radius 1 is 0.600 bits per heavy atom. The number of carboxylic acid groups (broad SMARTS) is 1. The molecule has 0 spiro atoms. The van der Waals surface area contributed by atoms with E-state index in [0.29, 0.717) is 30.6 Å². The molecule has 0 heterocycles. The third-order valence-corrected chi connectivity index (χ3v) is 16.0. The van der Waals surface area contributed by atoms with Gasteiger partial charge in [0.25, 0.3) is 0 Å². The number of carboxylic acids is 1. The summed E-state index contributed by atoms with van der Waals surface area (Å²) in [6, 6.07) is 0. The van der Waals surface area contributed by atoms with Gasteiger partial charge in [-0.3, -0.25) is 4.79 Å². The van der Waals surface area contributed by atoms with Crippen molar-refractivity contribution in [3.63, 3.8) is 0 Å². The summed E-state index contributed by atoms with van der Waals surface area (Å²) in [5.41, 5.74) is 0. The van der Waals surface area contributed by atoms with Crippen LogP contribution >= 0.6 is 22.6 Å². The highest BCUT2D eigenvalue weighted by molar-refractivity contribution is 14.1. The largest absolute Gasteiger partial charge is 0.481 e. The maximum atomic E-state index is 11.6. The topological polar surface area (TPSA) is 57.5 Å². The van der Waals surface area contributed by atoms with E-state index in [-0.39, 0.29) is 0 Å². The van der Waals surface area contributed by atoms with Gasteiger partial charge < -0.3 is 10.2 Å². The molecular weight excluding hydrogens is 667 g/mol. The van der Waals surface area contributed by atoms with Crippen molar-refractivity contribution in [1.82, 2.24) is 0 Å². The smallest absolute Gasteiger partial charge is 0.309 e. The second-order valence-electron chi connectivity index (χ2n) is 17.5. The first-order valence-corrected chi connectivity index (χ1v) is 21.3. The van der Waals surface area contributed by atoms with Crippen LogP contribution in [0.3, 0.4) is 0 Å². The minimum absolute atomic E-state index is 0.498. The van der Waals surface area contributed by atoms with E-state index in [2.05, 4.69) is 64.1 Å². The molecule has 4 heteroatoms. The highest BCUT2D eigenvalue weighted by Gasteiger charge is 2.48. The van der Waals surface area contributed by atoms with Crippen molar-refractivity contribution < 1.29 is 15.0 Å². The molecule has 0 aromatic rings. The van der Waals surface area contributed by atoms with Crippen molar-refractivity contribution in [1.29, 1.82) is 0 Å². The Kier molecular flexibility index (Phi) is 15.4. The average molecular weight is 741 g/mol. The summed E-state index contributed by atoms with van der Waals surface area (Å²) in [6.07, 6.45) is 24.4. The van der Waals surface area contributed by atoms with Gasteiger partial charge in [-0.15, -0.1) is 0 Å². The quantitative estimate of drug-likeness (QED) is 0.106. The molecule has 4 fully saturated rings. The van der Waals surface area contributed by atoms with Crippen LogP contribution in [0.1, 0.15) is 164 Å². The molecule has 0 aliphatic heterocycles. The number of hydrogen-bond acceptors (Lipinski definition) is 2. The Hall–Kier alpha value is 0.160. The Labute approximate surface area is 292 Å².